The van der Waals surface area contributed by atoms with Gasteiger partial charge in [0.25, 0.3) is 0 Å². The smallest absolute Gasteiger partial charge is 0.338 e. The first-order valence-electron chi connectivity index (χ1n) is 7.31. The van der Waals surface area contributed by atoms with Gasteiger partial charge < -0.3 is 14.2 Å². The van der Waals surface area contributed by atoms with Crippen molar-refractivity contribution in [1.29, 1.82) is 0 Å². The van der Waals surface area contributed by atoms with Crippen LogP contribution < -0.4 is 4.74 Å². The maximum Gasteiger partial charge on any atom is 0.338 e. The zero-order valence-corrected chi connectivity index (χ0v) is 12.6. The van der Waals surface area contributed by atoms with Crippen LogP contribution in [0.4, 0.5) is 0 Å². The second-order valence-electron chi connectivity index (χ2n) is 4.68. The Morgan fingerprint density at radius 3 is 2.23 bits per heavy atom. The van der Waals surface area contributed by atoms with Gasteiger partial charge in [0.05, 0.1) is 12.2 Å². The molecular weight excluding hydrogens is 280 g/mol. The molecule has 0 aliphatic rings. The van der Waals surface area contributed by atoms with Crippen molar-refractivity contribution in [2.75, 3.05) is 19.8 Å². The number of rotatable bonds is 8. The Kier molecular flexibility index (Phi) is 6.45. The van der Waals surface area contributed by atoms with Gasteiger partial charge in [-0.25, -0.2) is 4.79 Å². The molecule has 0 radical (unpaired) electrons. The summed E-state index contributed by atoms with van der Waals surface area (Å²) in [5, 5.41) is 0. The molecule has 0 spiro atoms. The topological polar surface area (TPSA) is 44.8 Å². The lowest BCUT2D eigenvalue weighted by molar-refractivity contribution is -0.0177. The molecule has 0 heterocycles. The highest BCUT2D eigenvalue weighted by Gasteiger charge is 2.17. The van der Waals surface area contributed by atoms with E-state index in [2.05, 4.69) is 0 Å². The van der Waals surface area contributed by atoms with E-state index >= 15 is 0 Å². The van der Waals surface area contributed by atoms with Crippen LogP contribution in [0, 0.1) is 0 Å². The Labute approximate surface area is 130 Å². The van der Waals surface area contributed by atoms with Crippen LogP contribution in [0.2, 0.25) is 0 Å². The molecule has 0 saturated heterocycles. The number of para-hydroxylation sites is 1. The van der Waals surface area contributed by atoms with Crippen molar-refractivity contribution in [2.24, 2.45) is 0 Å². The summed E-state index contributed by atoms with van der Waals surface area (Å²) in [6.45, 7) is 3.02. The number of hydrogen-bond donors (Lipinski definition) is 0. The first kappa shape index (κ1) is 16.0. The lowest BCUT2D eigenvalue weighted by Crippen LogP contribution is -2.30. The maximum absolute atomic E-state index is 12.1. The van der Waals surface area contributed by atoms with Gasteiger partial charge in [-0.15, -0.1) is 0 Å². The van der Waals surface area contributed by atoms with Crippen LogP contribution in [0.5, 0.6) is 5.75 Å². The normalized spacial score (nSPS) is 11.7. The molecule has 0 N–H and O–H groups in total. The average Bonchev–Trinajstić information content (AvgIpc) is 2.59. The summed E-state index contributed by atoms with van der Waals surface area (Å²) in [5.41, 5.74) is 0.517. The molecule has 2 aromatic carbocycles. The highest BCUT2D eigenvalue weighted by molar-refractivity contribution is 5.89. The van der Waals surface area contributed by atoms with Gasteiger partial charge in [0.1, 0.15) is 12.4 Å². The third-order valence-corrected chi connectivity index (χ3v) is 2.97. The van der Waals surface area contributed by atoms with Crippen molar-refractivity contribution in [3.05, 3.63) is 66.2 Å². The molecular formula is C18H20O4. The lowest BCUT2D eigenvalue weighted by atomic mass is 10.2. The van der Waals surface area contributed by atoms with Gasteiger partial charge >= 0.3 is 5.97 Å². The SMILES string of the molecule is CCOCC(COc1ccccc1)OC(=O)c1ccccc1. The number of benzene rings is 2. The second kappa shape index (κ2) is 8.85. The number of hydrogen-bond acceptors (Lipinski definition) is 4. The molecule has 0 aliphatic heterocycles. The summed E-state index contributed by atoms with van der Waals surface area (Å²) in [7, 11) is 0. The van der Waals surface area contributed by atoms with Crippen molar-refractivity contribution in [1.82, 2.24) is 0 Å². The summed E-state index contributed by atoms with van der Waals surface area (Å²) in [6, 6.07) is 18.3. The lowest BCUT2D eigenvalue weighted by Gasteiger charge is -2.18. The second-order valence-corrected chi connectivity index (χ2v) is 4.68. The van der Waals surface area contributed by atoms with Gasteiger partial charge in [0.15, 0.2) is 6.10 Å². The van der Waals surface area contributed by atoms with Gasteiger partial charge in [-0.2, -0.15) is 0 Å². The van der Waals surface area contributed by atoms with Crippen molar-refractivity contribution in [3.63, 3.8) is 0 Å². The van der Waals surface area contributed by atoms with Crippen LogP contribution in [0.1, 0.15) is 17.3 Å². The van der Waals surface area contributed by atoms with Gasteiger partial charge in [-0.1, -0.05) is 36.4 Å². The zero-order chi connectivity index (χ0) is 15.6. The minimum absolute atomic E-state index is 0.253. The van der Waals surface area contributed by atoms with Crippen molar-refractivity contribution >= 4 is 5.97 Å². The number of esters is 1. The molecule has 2 aromatic rings. The summed E-state index contributed by atoms with van der Waals surface area (Å²) < 4.78 is 16.5. The Balaban J connectivity index is 1.92. The molecule has 0 bridgehead atoms. The minimum atomic E-state index is -0.451. The minimum Gasteiger partial charge on any atom is -0.490 e. The zero-order valence-electron chi connectivity index (χ0n) is 12.6. The molecule has 0 amide bonds. The van der Waals surface area contributed by atoms with Gasteiger partial charge in [-0.05, 0) is 31.2 Å². The van der Waals surface area contributed by atoms with Gasteiger partial charge in [0, 0.05) is 6.61 Å². The fraction of sp³-hybridized carbons (Fsp3) is 0.278. The summed E-state index contributed by atoms with van der Waals surface area (Å²) in [5.74, 6) is 0.363. The van der Waals surface area contributed by atoms with E-state index in [-0.39, 0.29) is 12.6 Å². The van der Waals surface area contributed by atoms with Crippen molar-refractivity contribution in [2.45, 2.75) is 13.0 Å². The summed E-state index contributed by atoms with van der Waals surface area (Å²) >= 11 is 0. The van der Waals surface area contributed by atoms with Crippen LogP contribution in [0.25, 0.3) is 0 Å². The maximum atomic E-state index is 12.1. The van der Waals surface area contributed by atoms with Crippen LogP contribution in [0.3, 0.4) is 0 Å². The Morgan fingerprint density at radius 2 is 1.59 bits per heavy atom. The molecule has 1 atom stereocenters. The molecule has 0 fully saturated rings. The Bertz CT molecular complexity index is 554. The summed E-state index contributed by atoms with van der Waals surface area (Å²) in [6.07, 6.45) is -0.451. The molecule has 0 aliphatic carbocycles. The molecule has 2 rings (SSSR count). The molecule has 22 heavy (non-hydrogen) atoms. The highest BCUT2D eigenvalue weighted by Crippen LogP contribution is 2.11. The van der Waals surface area contributed by atoms with Crippen molar-refractivity contribution < 1.29 is 19.0 Å². The number of carbonyl (C=O) groups is 1. The monoisotopic (exact) mass is 300 g/mol. The molecule has 0 aromatic heterocycles. The van der Waals surface area contributed by atoms with E-state index in [0.717, 1.165) is 5.75 Å². The van der Waals surface area contributed by atoms with E-state index in [1.54, 1.807) is 24.3 Å². The molecule has 0 saturated carbocycles. The first-order valence-corrected chi connectivity index (χ1v) is 7.31. The third-order valence-electron chi connectivity index (χ3n) is 2.97. The third kappa shape index (κ3) is 5.22. The van der Waals surface area contributed by atoms with E-state index < -0.39 is 6.10 Å². The van der Waals surface area contributed by atoms with Crippen LogP contribution in [0.15, 0.2) is 60.7 Å². The largest absolute Gasteiger partial charge is 0.490 e. The van der Waals surface area contributed by atoms with E-state index in [9.17, 15) is 4.79 Å². The van der Waals surface area contributed by atoms with Gasteiger partial charge in [0.2, 0.25) is 0 Å². The first-order chi connectivity index (χ1) is 10.8. The van der Waals surface area contributed by atoms with Crippen LogP contribution in [-0.2, 0) is 9.47 Å². The molecule has 116 valence electrons. The summed E-state index contributed by atoms with van der Waals surface area (Å²) in [4.78, 5) is 12.1. The fourth-order valence-corrected chi connectivity index (χ4v) is 1.86. The Hall–Kier alpha value is -2.33. The molecule has 4 nitrogen and oxygen atoms in total. The van der Waals surface area contributed by atoms with Crippen molar-refractivity contribution in [3.8, 4) is 5.75 Å². The Morgan fingerprint density at radius 1 is 0.955 bits per heavy atom. The predicted molar refractivity (Wildman–Crippen MR) is 84.1 cm³/mol. The van der Waals surface area contributed by atoms with Gasteiger partial charge in [-0.3, -0.25) is 0 Å². The molecule has 1 unspecified atom stereocenters. The van der Waals surface area contributed by atoms with E-state index in [1.165, 1.54) is 0 Å². The van der Waals surface area contributed by atoms with Crippen LogP contribution >= 0.6 is 0 Å². The fourth-order valence-electron chi connectivity index (χ4n) is 1.86. The standard InChI is InChI=1S/C18H20O4/c1-2-20-13-17(14-21-16-11-7-4-8-12-16)22-18(19)15-9-5-3-6-10-15/h3-12,17H,2,13-14H2,1H3. The average molecular weight is 300 g/mol. The molecule has 4 heteroatoms. The van der Waals surface area contributed by atoms with E-state index in [0.29, 0.717) is 18.8 Å². The quantitative estimate of drug-likeness (QED) is 0.702. The van der Waals surface area contributed by atoms with Crippen LogP contribution in [-0.4, -0.2) is 31.9 Å². The van der Waals surface area contributed by atoms with E-state index in [4.69, 9.17) is 14.2 Å². The number of carbonyl (C=O) groups excluding carboxylic acids is 1. The number of ether oxygens (including phenoxy) is 3. The predicted octanol–water partition coefficient (Wildman–Crippen LogP) is 3.33. The highest BCUT2D eigenvalue weighted by atomic mass is 16.6. The van der Waals surface area contributed by atoms with E-state index in [1.807, 2.05) is 43.3 Å².